The van der Waals surface area contributed by atoms with E-state index in [0.717, 1.165) is 29.4 Å². The summed E-state index contributed by atoms with van der Waals surface area (Å²) < 4.78 is 1.70. The molecule has 21 heavy (non-hydrogen) atoms. The van der Waals surface area contributed by atoms with Gasteiger partial charge in [0, 0.05) is 42.0 Å². The van der Waals surface area contributed by atoms with Crippen LogP contribution in [0, 0.1) is 0 Å². The number of thiazole rings is 1. The number of nitrogens with one attached hydrogen (secondary N) is 1. The average Bonchev–Trinajstić information content (AvgIpc) is 3.17. The predicted molar refractivity (Wildman–Crippen MR) is 86.7 cm³/mol. The van der Waals surface area contributed by atoms with Gasteiger partial charge in [0.1, 0.15) is 5.01 Å². The Bertz CT molecular complexity index is 715. The second-order valence-electron chi connectivity index (χ2n) is 4.62. The summed E-state index contributed by atoms with van der Waals surface area (Å²) in [6, 6.07) is 10.3. The molecule has 106 valence electrons. The molecular formula is C16H16N4S. The van der Waals surface area contributed by atoms with E-state index < -0.39 is 0 Å². The molecule has 0 atom stereocenters. The topological polar surface area (TPSA) is 42.7 Å². The van der Waals surface area contributed by atoms with Crippen molar-refractivity contribution < 1.29 is 0 Å². The van der Waals surface area contributed by atoms with Gasteiger partial charge < -0.3 is 5.32 Å². The van der Waals surface area contributed by atoms with Crippen molar-refractivity contribution in [3.05, 3.63) is 65.9 Å². The number of hydrogen-bond donors (Lipinski definition) is 1. The Morgan fingerprint density at radius 2 is 2.10 bits per heavy atom. The van der Waals surface area contributed by atoms with E-state index in [1.165, 1.54) is 5.56 Å². The van der Waals surface area contributed by atoms with Crippen molar-refractivity contribution in [2.75, 3.05) is 0 Å². The summed E-state index contributed by atoms with van der Waals surface area (Å²) in [6.07, 6.45) is 5.47. The lowest BCUT2D eigenvalue weighted by molar-refractivity contribution is 0.683. The van der Waals surface area contributed by atoms with Gasteiger partial charge >= 0.3 is 0 Å². The van der Waals surface area contributed by atoms with Crippen LogP contribution in [-0.2, 0) is 13.1 Å². The molecule has 0 aliphatic rings. The molecular weight excluding hydrogens is 280 g/mol. The Labute approximate surface area is 127 Å². The summed E-state index contributed by atoms with van der Waals surface area (Å²) in [5, 5.41) is 10.7. The van der Waals surface area contributed by atoms with Gasteiger partial charge in [-0.25, -0.2) is 9.67 Å². The first kappa shape index (κ1) is 13.7. The fourth-order valence-electron chi connectivity index (χ4n) is 2.00. The quantitative estimate of drug-likeness (QED) is 0.758. The normalized spacial score (nSPS) is 10.7. The van der Waals surface area contributed by atoms with Crippen molar-refractivity contribution in [2.24, 2.45) is 0 Å². The Morgan fingerprint density at radius 3 is 2.86 bits per heavy atom. The SMILES string of the molecule is C=Cn1cc(CNCc2csc(-c3ccccc3)n2)cn1. The van der Waals surface area contributed by atoms with Crippen molar-refractivity contribution in [1.29, 1.82) is 0 Å². The van der Waals surface area contributed by atoms with E-state index in [4.69, 9.17) is 0 Å². The van der Waals surface area contributed by atoms with Crippen LogP contribution in [0.4, 0.5) is 0 Å². The summed E-state index contributed by atoms with van der Waals surface area (Å²) >= 11 is 1.68. The fourth-order valence-corrected chi connectivity index (χ4v) is 2.83. The van der Waals surface area contributed by atoms with Crippen molar-refractivity contribution >= 4 is 17.5 Å². The molecule has 3 rings (SSSR count). The average molecular weight is 296 g/mol. The standard InChI is InChI=1S/C16H16N4S/c1-2-20-11-13(9-18-20)8-17-10-15-12-21-16(19-15)14-6-4-3-5-7-14/h2-7,9,11-12,17H,1,8,10H2. The highest BCUT2D eigenvalue weighted by atomic mass is 32.1. The molecule has 1 N–H and O–H groups in total. The van der Waals surface area contributed by atoms with Gasteiger partial charge in [0.2, 0.25) is 0 Å². The molecule has 0 saturated heterocycles. The number of benzene rings is 1. The molecule has 2 heterocycles. The van der Waals surface area contributed by atoms with E-state index >= 15 is 0 Å². The molecule has 0 amide bonds. The number of rotatable bonds is 6. The van der Waals surface area contributed by atoms with Crippen LogP contribution in [-0.4, -0.2) is 14.8 Å². The lowest BCUT2D eigenvalue weighted by Gasteiger charge is -1.99. The maximum atomic E-state index is 4.65. The van der Waals surface area contributed by atoms with Gasteiger partial charge in [-0.05, 0) is 0 Å². The maximum absolute atomic E-state index is 4.65. The second-order valence-corrected chi connectivity index (χ2v) is 5.48. The van der Waals surface area contributed by atoms with E-state index in [2.05, 4.69) is 39.5 Å². The number of nitrogens with zero attached hydrogens (tertiary/aromatic N) is 3. The van der Waals surface area contributed by atoms with Crippen molar-refractivity contribution in [3.8, 4) is 10.6 Å². The van der Waals surface area contributed by atoms with Gasteiger partial charge in [-0.15, -0.1) is 11.3 Å². The Hall–Kier alpha value is -2.24. The summed E-state index contributed by atoms with van der Waals surface area (Å²) in [5.74, 6) is 0. The van der Waals surface area contributed by atoms with E-state index in [1.807, 2.05) is 30.6 Å². The summed E-state index contributed by atoms with van der Waals surface area (Å²) in [7, 11) is 0. The fraction of sp³-hybridized carbons (Fsp3) is 0.125. The molecule has 0 spiro atoms. The molecule has 0 aliphatic carbocycles. The zero-order valence-electron chi connectivity index (χ0n) is 11.6. The van der Waals surface area contributed by atoms with Crippen molar-refractivity contribution in [3.63, 3.8) is 0 Å². The van der Waals surface area contributed by atoms with E-state index in [9.17, 15) is 0 Å². The zero-order chi connectivity index (χ0) is 14.5. The highest BCUT2D eigenvalue weighted by molar-refractivity contribution is 7.13. The molecule has 0 aliphatic heterocycles. The lowest BCUT2D eigenvalue weighted by atomic mass is 10.2. The molecule has 0 fully saturated rings. The predicted octanol–water partition coefficient (Wildman–Crippen LogP) is 3.40. The molecule has 0 saturated carbocycles. The second kappa shape index (κ2) is 6.47. The number of aromatic nitrogens is 3. The number of hydrogen-bond acceptors (Lipinski definition) is 4. The van der Waals surface area contributed by atoms with Crippen LogP contribution in [0.3, 0.4) is 0 Å². The van der Waals surface area contributed by atoms with E-state index in [0.29, 0.717) is 0 Å². The van der Waals surface area contributed by atoms with Gasteiger partial charge in [-0.3, -0.25) is 0 Å². The third-order valence-corrected chi connectivity index (χ3v) is 3.99. The van der Waals surface area contributed by atoms with Crippen LogP contribution in [0.25, 0.3) is 16.8 Å². The molecule has 3 aromatic rings. The molecule has 4 nitrogen and oxygen atoms in total. The molecule has 0 radical (unpaired) electrons. The molecule has 0 unspecified atom stereocenters. The first-order chi connectivity index (χ1) is 10.3. The highest BCUT2D eigenvalue weighted by Crippen LogP contribution is 2.23. The molecule has 1 aromatic carbocycles. The molecule has 5 heteroatoms. The molecule has 2 aromatic heterocycles. The Morgan fingerprint density at radius 1 is 1.24 bits per heavy atom. The first-order valence-electron chi connectivity index (χ1n) is 6.71. The van der Waals surface area contributed by atoms with Gasteiger partial charge in [-0.1, -0.05) is 36.9 Å². The Kier molecular flexibility index (Phi) is 4.23. The minimum atomic E-state index is 0.753. The third kappa shape index (κ3) is 3.45. The monoisotopic (exact) mass is 296 g/mol. The van der Waals surface area contributed by atoms with E-state index in [1.54, 1.807) is 22.2 Å². The zero-order valence-corrected chi connectivity index (χ0v) is 12.4. The maximum Gasteiger partial charge on any atom is 0.123 e. The van der Waals surface area contributed by atoms with Crippen LogP contribution in [0.15, 0.2) is 54.7 Å². The molecule has 0 bridgehead atoms. The van der Waals surface area contributed by atoms with Gasteiger partial charge in [-0.2, -0.15) is 5.10 Å². The summed E-state index contributed by atoms with van der Waals surface area (Å²) in [5.41, 5.74) is 3.37. The Balaban J connectivity index is 1.56. The van der Waals surface area contributed by atoms with Crippen LogP contribution >= 0.6 is 11.3 Å². The van der Waals surface area contributed by atoms with Crippen molar-refractivity contribution in [2.45, 2.75) is 13.1 Å². The minimum absolute atomic E-state index is 0.753. The minimum Gasteiger partial charge on any atom is -0.307 e. The van der Waals surface area contributed by atoms with Crippen LogP contribution in [0.1, 0.15) is 11.3 Å². The third-order valence-electron chi connectivity index (χ3n) is 3.05. The van der Waals surface area contributed by atoms with Crippen LogP contribution in [0.2, 0.25) is 0 Å². The van der Waals surface area contributed by atoms with Gasteiger partial charge in [0.15, 0.2) is 0 Å². The van der Waals surface area contributed by atoms with Gasteiger partial charge in [0.25, 0.3) is 0 Å². The van der Waals surface area contributed by atoms with Crippen molar-refractivity contribution in [1.82, 2.24) is 20.1 Å². The van der Waals surface area contributed by atoms with Gasteiger partial charge in [0.05, 0.1) is 11.9 Å². The summed E-state index contributed by atoms with van der Waals surface area (Å²) in [6.45, 7) is 5.20. The smallest absolute Gasteiger partial charge is 0.123 e. The largest absolute Gasteiger partial charge is 0.307 e. The lowest BCUT2D eigenvalue weighted by Crippen LogP contribution is -2.12. The van der Waals surface area contributed by atoms with E-state index in [-0.39, 0.29) is 0 Å². The highest BCUT2D eigenvalue weighted by Gasteiger charge is 2.04. The summed E-state index contributed by atoms with van der Waals surface area (Å²) in [4.78, 5) is 4.65. The van der Waals surface area contributed by atoms with Crippen LogP contribution < -0.4 is 5.32 Å². The first-order valence-corrected chi connectivity index (χ1v) is 7.59. The van der Waals surface area contributed by atoms with Crippen LogP contribution in [0.5, 0.6) is 0 Å².